The Labute approximate surface area is 391 Å². The number of thiophene rings is 1. The van der Waals surface area contributed by atoms with Crippen molar-refractivity contribution in [3.63, 3.8) is 0 Å². The normalized spacial score (nSPS) is 12.5. The molecule has 0 saturated carbocycles. The van der Waals surface area contributed by atoms with Gasteiger partial charge >= 0.3 is 0 Å². The SMILES string of the molecule is c1ccc(-c2ccc(N(c3ccc(-c4ccc5sc6ccccc6c5c4)cc3)c3cc(N4c5ccccc5Oc5ccccc54)cc(N4c5ccccc5Sc5ccccc54)c3)cc2)cc1. The highest BCUT2D eigenvalue weighted by molar-refractivity contribution is 7.99. The third-order valence-electron chi connectivity index (χ3n) is 12.6. The number of nitrogens with zero attached hydrogens (tertiary/aromatic N) is 3. The van der Waals surface area contributed by atoms with Gasteiger partial charge in [0.25, 0.3) is 0 Å². The van der Waals surface area contributed by atoms with Gasteiger partial charge in [0.05, 0.1) is 39.8 Å². The monoisotopic (exact) mass is 881 g/mol. The number of para-hydroxylation sites is 6. The highest BCUT2D eigenvalue weighted by Crippen LogP contribution is 2.56. The second kappa shape index (κ2) is 15.9. The first-order valence-corrected chi connectivity index (χ1v) is 23.8. The molecule has 0 atom stereocenters. The van der Waals surface area contributed by atoms with E-state index >= 15 is 0 Å². The number of hydrogen-bond donors (Lipinski definition) is 0. The van der Waals surface area contributed by atoms with E-state index in [4.69, 9.17) is 4.74 Å². The third kappa shape index (κ3) is 6.61. The van der Waals surface area contributed by atoms with Gasteiger partial charge in [0.2, 0.25) is 0 Å². The lowest BCUT2D eigenvalue weighted by Crippen LogP contribution is -2.19. The lowest BCUT2D eigenvalue weighted by atomic mass is 10.0. The first kappa shape index (κ1) is 38.4. The van der Waals surface area contributed by atoms with Crippen LogP contribution in [0.1, 0.15) is 0 Å². The number of fused-ring (bicyclic) bond motifs is 7. The minimum atomic E-state index is 0.811. The quantitative estimate of drug-likeness (QED) is 0.158. The molecule has 6 heteroatoms. The molecule has 0 radical (unpaired) electrons. The number of rotatable bonds is 7. The van der Waals surface area contributed by atoms with E-state index in [0.717, 1.165) is 62.7 Å². The zero-order chi connectivity index (χ0) is 43.6. The largest absolute Gasteiger partial charge is 0.453 e. The van der Waals surface area contributed by atoms with E-state index in [1.807, 2.05) is 35.2 Å². The Balaban J connectivity index is 1.03. The lowest BCUT2D eigenvalue weighted by molar-refractivity contribution is 0.477. The van der Waals surface area contributed by atoms with Gasteiger partial charge in [0.15, 0.2) is 11.5 Å². The lowest BCUT2D eigenvalue weighted by Gasteiger charge is -2.37. The molecule has 0 bridgehead atoms. The average Bonchev–Trinajstić information content (AvgIpc) is 3.76. The molecule has 0 unspecified atom stereocenters. The van der Waals surface area contributed by atoms with Gasteiger partial charge < -0.3 is 19.4 Å². The summed E-state index contributed by atoms with van der Waals surface area (Å²) in [6.45, 7) is 0. The molecule has 1 aromatic heterocycles. The van der Waals surface area contributed by atoms with E-state index in [2.05, 4.69) is 239 Å². The van der Waals surface area contributed by atoms with E-state index in [0.29, 0.717) is 0 Å². The molecule has 10 aromatic carbocycles. The van der Waals surface area contributed by atoms with Crippen molar-refractivity contribution in [1.29, 1.82) is 0 Å². The summed E-state index contributed by atoms with van der Waals surface area (Å²) in [5, 5.41) is 2.60. The van der Waals surface area contributed by atoms with Crippen LogP contribution in [0.4, 0.5) is 51.2 Å². The smallest absolute Gasteiger partial charge is 0.151 e. The molecule has 4 nitrogen and oxygen atoms in total. The van der Waals surface area contributed by atoms with Crippen LogP contribution in [0.25, 0.3) is 42.4 Å². The van der Waals surface area contributed by atoms with Crippen molar-refractivity contribution >= 4 is 94.5 Å². The molecular weight excluding hydrogens is 843 g/mol. The van der Waals surface area contributed by atoms with Crippen LogP contribution in [0.2, 0.25) is 0 Å². The molecule has 13 rings (SSSR count). The van der Waals surface area contributed by atoms with Gasteiger partial charge in [-0.2, -0.15) is 0 Å². The van der Waals surface area contributed by atoms with E-state index < -0.39 is 0 Å². The van der Waals surface area contributed by atoms with Gasteiger partial charge in [-0.05, 0) is 131 Å². The number of ether oxygens (including phenoxy) is 1. The average molecular weight is 882 g/mol. The molecule has 0 amide bonds. The maximum absolute atomic E-state index is 6.56. The van der Waals surface area contributed by atoms with Crippen LogP contribution in [0.5, 0.6) is 11.5 Å². The van der Waals surface area contributed by atoms with Crippen LogP contribution in [-0.4, -0.2) is 0 Å². The molecule has 312 valence electrons. The Hall–Kier alpha value is -8.03. The van der Waals surface area contributed by atoms with Gasteiger partial charge in [0.1, 0.15) is 0 Å². The number of hydrogen-bond acceptors (Lipinski definition) is 6. The standard InChI is InChI=1S/C60H39N3OS2/c1-2-14-40(15-3-1)41-26-31-44(32-27-41)61(45-33-28-42(29-34-45)43-30-35-58-50(36-43)49-16-4-11-23-57(49)65-58)46-37-47(62-51-17-5-9-21-55(51)64-56-22-10-6-18-52(56)62)39-48(38-46)63-53-19-7-12-24-59(53)66-60-25-13-8-20-54(60)63/h1-39H. The van der Waals surface area contributed by atoms with Crippen molar-refractivity contribution < 1.29 is 4.74 Å². The molecule has 2 aliphatic heterocycles. The fraction of sp³-hybridized carbons (Fsp3) is 0. The van der Waals surface area contributed by atoms with Crippen molar-refractivity contribution in [3.05, 3.63) is 237 Å². The molecule has 66 heavy (non-hydrogen) atoms. The second-order valence-electron chi connectivity index (χ2n) is 16.6. The summed E-state index contributed by atoms with van der Waals surface area (Å²) in [5.41, 5.74) is 14.1. The molecular formula is C60H39N3OS2. The minimum absolute atomic E-state index is 0.811. The van der Waals surface area contributed by atoms with Gasteiger partial charge in [-0.3, -0.25) is 0 Å². The summed E-state index contributed by atoms with van der Waals surface area (Å²) in [4.78, 5) is 9.60. The Bertz CT molecular complexity index is 3420. The number of anilines is 9. The molecule has 0 spiro atoms. The molecule has 0 aliphatic carbocycles. The molecule has 2 aliphatic rings. The molecule has 0 fully saturated rings. The fourth-order valence-corrected chi connectivity index (χ4v) is 11.7. The van der Waals surface area contributed by atoms with Crippen LogP contribution in [0.3, 0.4) is 0 Å². The summed E-state index contributed by atoms with van der Waals surface area (Å²) in [6.07, 6.45) is 0. The van der Waals surface area contributed by atoms with E-state index in [1.165, 1.54) is 52.2 Å². The summed E-state index contributed by atoms with van der Waals surface area (Å²) in [5.74, 6) is 1.62. The molecule has 0 saturated heterocycles. The zero-order valence-corrected chi connectivity index (χ0v) is 37.2. The number of benzene rings is 10. The predicted octanol–water partition coefficient (Wildman–Crippen LogP) is 18.4. The zero-order valence-electron chi connectivity index (χ0n) is 35.6. The summed E-state index contributed by atoms with van der Waals surface area (Å²) >= 11 is 3.67. The van der Waals surface area contributed by atoms with Crippen LogP contribution in [0, 0.1) is 0 Å². The Morgan fingerprint density at radius 2 is 0.803 bits per heavy atom. The van der Waals surface area contributed by atoms with Crippen molar-refractivity contribution in [1.82, 2.24) is 0 Å². The third-order valence-corrected chi connectivity index (χ3v) is 14.9. The Morgan fingerprint density at radius 3 is 1.44 bits per heavy atom. The molecule has 0 N–H and O–H groups in total. The second-order valence-corrected chi connectivity index (χ2v) is 18.7. The van der Waals surface area contributed by atoms with Gasteiger partial charge in [0, 0.05) is 41.3 Å². The molecule has 11 aromatic rings. The van der Waals surface area contributed by atoms with Crippen LogP contribution >= 0.6 is 23.1 Å². The van der Waals surface area contributed by atoms with Crippen molar-refractivity contribution in [2.24, 2.45) is 0 Å². The maximum Gasteiger partial charge on any atom is 0.151 e. The highest BCUT2D eigenvalue weighted by atomic mass is 32.2. The summed E-state index contributed by atoms with van der Waals surface area (Å²) in [7, 11) is 0. The summed E-state index contributed by atoms with van der Waals surface area (Å²) in [6, 6.07) is 85.4. The van der Waals surface area contributed by atoms with E-state index in [-0.39, 0.29) is 0 Å². The molecule has 3 heterocycles. The van der Waals surface area contributed by atoms with Crippen molar-refractivity contribution in [2.75, 3.05) is 14.7 Å². The minimum Gasteiger partial charge on any atom is -0.453 e. The predicted molar refractivity (Wildman–Crippen MR) is 278 cm³/mol. The highest BCUT2D eigenvalue weighted by Gasteiger charge is 2.30. The Kier molecular flexibility index (Phi) is 9.25. The van der Waals surface area contributed by atoms with Gasteiger partial charge in [-0.15, -0.1) is 11.3 Å². The summed E-state index contributed by atoms with van der Waals surface area (Å²) < 4.78 is 9.18. The van der Waals surface area contributed by atoms with E-state index in [9.17, 15) is 0 Å². The first-order chi connectivity index (χ1) is 32.7. The van der Waals surface area contributed by atoms with Crippen LogP contribution in [-0.2, 0) is 0 Å². The van der Waals surface area contributed by atoms with Gasteiger partial charge in [-0.1, -0.05) is 139 Å². The van der Waals surface area contributed by atoms with Crippen LogP contribution in [0.15, 0.2) is 246 Å². The van der Waals surface area contributed by atoms with Crippen molar-refractivity contribution in [2.45, 2.75) is 9.79 Å². The van der Waals surface area contributed by atoms with Crippen molar-refractivity contribution in [3.8, 4) is 33.8 Å². The topological polar surface area (TPSA) is 19.0 Å². The van der Waals surface area contributed by atoms with Gasteiger partial charge in [-0.25, -0.2) is 0 Å². The van der Waals surface area contributed by atoms with Crippen LogP contribution < -0.4 is 19.4 Å². The Morgan fingerprint density at radius 1 is 0.333 bits per heavy atom. The first-order valence-electron chi connectivity index (χ1n) is 22.1. The van der Waals surface area contributed by atoms with E-state index in [1.54, 1.807) is 0 Å². The maximum atomic E-state index is 6.56. The fourth-order valence-electron chi connectivity index (χ4n) is 9.52.